The Bertz CT molecular complexity index is 1590. The standard InChI is InChI=1S/C35H37N/c1-34(2,3)32-22-25(21-24-9-6-7-10-27(24)32)33-31-14-13-29-26(23-15-18-35(4,5)19-16-23)11-8-12-28(29)30(31)17-20-36-33/h6-14,17,20-23H,15-16,18-19H2,1-5H3. The Morgan fingerprint density at radius 3 is 2.19 bits per heavy atom. The maximum atomic E-state index is 4.94. The quantitative estimate of drug-likeness (QED) is 0.233. The van der Waals surface area contributed by atoms with Crippen molar-refractivity contribution in [2.75, 3.05) is 0 Å². The van der Waals surface area contributed by atoms with Gasteiger partial charge in [-0.15, -0.1) is 0 Å². The van der Waals surface area contributed by atoms with Crippen LogP contribution in [0, 0.1) is 5.41 Å². The predicted molar refractivity (Wildman–Crippen MR) is 156 cm³/mol. The van der Waals surface area contributed by atoms with Crippen LogP contribution in [0.25, 0.3) is 43.6 Å². The first-order valence-corrected chi connectivity index (χ1v) is 13.6. The van der Waals surface area contributed by atoms with Gasteiger partial charge in [0.15, 0.2) is 0 Å². The van der Waals surface area contributed by atoms with Gasteiger partial charge in [0.25, 0.3) is 0 Å². The molecule has 0 amide bonds. The third-order valence-electron chi connectivity index (χ3n) is 8.56. The molecule has 1 heterocycles. The van der Waals surface area contributed by atoms with Crippen LogP contribution in [0.5, 0.6) is 0 Å². The molecule has 0 atom stereocenters. The second-order valence-electron chi connectivity index (χ2n) is 12.7. The van der Waals surface area contributed by atoms with Gasteiger partial charge in [0.05, 0.1) is 5.69 Å². The second kappa shape index (κ2) is 8.44. The molecule has 36 heavy (non-hydrogen) atoms. The van der Waals surface area contributed by atoms with Crippen molar-refractivity contribution in [3.8, 4) is 11.3 Å². The number of benzene rings is 4. The maximum Gasteiger partial charge on any atom is 0.0780 e. The number of nitrogens with zero attached hydrogens (tertiary/aromatic N) is 1. The first-order valence-electron chi connectivity index (χ1n) is 13.6. The van der Waals surface area contributed by atoms with Crippen LogP contribution in [0.15, 0.2) is 79.0 Å². The van der Waals surface area contributed by atoms with Gasteiger partial charge in [-0.1, -0.05) is 89.2 Å². The molecule has 182 valence electrons. The summed E-state index contributed by atoms with van der Waals surface area (Å²) in [5.74, 6) is 0.662. The molecule has 1 heteroatoms. The summed E-state index contributed by atoms with van der Waals surface area (Å²) in [5.41, 5.74) is 5.72. The fourth-order valence-electron chi connectivity index (χ4n) is 6.41. The van der Waals surface area contributed by atoms with Gasteiger partial charge >= 0.3 is 0 Å². The van der Waals surface area contributed by atoms with Crippen LogP contribution in [-0.4, -0.2) is 4.98 Å². The first-order chi connectivity index (χ1) is 17.2. The molecule has 1 aromatic heterocycles. The predicted octanol–water partition coefficient (Wildman–Crippen LogP) is 10.2. The summed E-state index contributed by atoms with van der Waals surface area (Å²) in [6.45, 7) is 11.8. The van der Waals surface area contributed by atoms with E-state index >= 15 is 0 Å². The minimum Gasteiger partial charge on any atom is -0.256 e. The molecule has 0 saturated heterocycles. The van der Waals surface area contributed by atoms with Gasteiger partial charge < -0.3 is 0 Å². The van der Waals surface area contributed by atoms with E-state index in [0.717, 1.165) is 5.69 Å². The van der Waals surface area contributed by atoms with E-state index in [9.17, 15) is 0 Å². The summed E-state index contributed by atoms with van der Waals surface area (Å²) < 4.78 is 0. The molecule has 1 saturated carbocycles. The molecule has 0 aliphatic heterocycles. The topological polar surface area (TPSA) is 12.9 Å². The highest BCUT2D eigenvalue weighted by molar-refractivity contribution is 6.12. The Balaban J connectivity index is 1.53. The van der Waals surface area contributed by atoms with Crippen molar-refractivity contribution in [1.82, 2.24) is 4.98 Å². The van der Waals surface area contributed by atoms with Crippen LogP contribution in [0.3, 0.4) is 0 Å². The van der Waals surface area contributed by atoms with Gasteiger partial charge in [0.2, 0.25) is 0 Å². The van der Waals surface area contributed by atoms with E-state index in [-0.39, 0.29) is 5.41 Å². The third kappa shape index (κ3) is 3.99. The molecular weight excluding hydrogens is 434 g/mol. The molecule has 1 nitrogen and oxygen atoms in total. The smallest absolute Gasteiger partial charge is 0.0780 e. The molecule has 0 spiro atoms. The zero-order valence-electron chi connectivity index (χ0n) is 22.4. The van der Waals surface area contributed by atoms with Crippen molar-refractivity contribution in [1.29, 1.82) is 0 Å². The second-order valence-corrected chi connectivity index (χ2v) is 12.7. The van der Waals surface area contributed by atoms with Crippen LogP contribution in [0.4, 0.5) is 0 Å². The highest BCUT2D eigenvalue weighted by atomic mass is 14.7. The van der Waals surface area contributed by atoms with Crippen LogP contribution >= 0.6 is 0 Å². The van der Waals surface area contributed by atoms with Gasteiger partial charge in [0.1, 0.15) is 0 Å². The fraction of sp³-hybridized carbons (Fsp3) is 0.343. The summed E-state index contributed by atoms with van der Waals surface area (Å²) >= 11 is 0. The summed E-state index contributed by atoms with van der Waals surface area (Å²) in [6, 6.07) is 27.3. The lowest BCUT2D eigenvalue weighted by Crippen LogP contribution is -2.20. The number of hydrogen-bond acceptors (Lipinski definition) is 1. The van der Waals surface area contributed by atoms with Crippen molar-refractivity contribution in [3.63, 3.8) is 0 Å². The lowest BCUT2D eigenvalue weighted by molar-refractivity contribution is 0.225. The highest BCUT2D eigenvalue weighted by Crippen LogP contribution is 2.45. The summed E-state index contributed by atoms with van der Waals surface area (Å²) in [5, 5.41) is 7.93. The van der Waals surface area contributed by atoms with E-state index in [1.165, 1.54) is 74.7 Å². The number of hydrogen-bond donors (Lipinski definition) is 0. The van der Waals surface area contributed by atoms with E-state index in [1.54, 1.807) is 0 Å². The molecule has 0 N–H and O–H groups in total. The number of rotatable bonds is 2. The minimum atomic E-state index is 0.0519. The van der Waals surface area contributed by atoms with Crippen molar-refractivity contribution in [3.05, 3.63) is 90.1 Å². The van der Waals surface area contributed by atoms with E-state index < -0.39 is 0 Å². The van der Waals surface area contributed by atoms with Crippen molar-refractivity contribution in [2.24, 2.45) is 5.41 Å². The van der Waals surface area contributed by atoms with Gasteiger partial charge in [-0.05, 0) is 98.7 Å². The molecule has 4 aromatic carbocycles. The molecule has 1 aliphatic rings. The van der Waals surface area contributed by atoms with E-state index in [0.29, 0.717) is 11.3 Å². The van der Waals surface area contributed by atoms with Crippen LogP contribution in [0.2, 0.25) is 0 Å². The van der Waals surface area contributed by atoms with Gasteiger partial charge in [-0.3, -0.25) is 4.98 Å². The Morgan fingerprint density at radius 1 is 0.722 bits per heavy atom. The maximum absolute atomic E-state index is 4.94. The summed E-state index contributed by atoms with van der Waals surface area (Å²) in [6.07, 6.45) is 7.21. The molecule has 0 radical (unpaired) electrons. The largest absolute Gasteiger partial charge is 0.256 e. The van der Waals surface area contributed by atoms with Gasteiger partial charge in [-0.25, -0.2) is 0 Å². The molecule has 1 aliphatic carbocycles. The summed E-state index contributed by atoms with van der Waals surface area (Å²) in [4.78, 5) is 4.94. The molecule has 0 unspecified atom stereocenters. The van der Waals surface area contributed by atoms with Crippen LogP contribution in [0.1, 0.15) is 77.3 Å². The normalized spacial score (nSPS) is 16.7. The van der Waals surface area contributed by atoms with Crippen molar-refractivity contribution in [2.45, 2.75) is 71.6 Å². The average molecular weight is 472 g/mol. The molecular formula is C35H37N. The molecule has 5 aromatic rings. The zero-order valence-corrected chi connectivity index (χ0v) is 22.4. The Hall–Kier alpha value is -3.19. The Morgan fingerprint density at radius 2 is 1.42 bits per heavy atom. The monoisotopic (exact) mass is 471 g/mol. The van der Waals surface area contributed by atoms with E-state index in [4.69, 9.17) is 4.98 Å². The van der Waals surface area contributed by atoms with E-state index in [1.807, 2.05) is 6.20 Å². The lowest BCUT2D eigenvalue weighted by Gasteiger charge is -2.35. The van der Waals surface area contributed by atoms with Gasteiger partial charge in [-0.2, -0.15) is 0 Å². The van der Waals surface area contributed by atoms with Crippen LogP contribution < -0.4 is 0 Å². The number of fused-ring (bicyclic) bond motifs is 4. The molecule has 6 rings (SSSR count). The van der Waals surface area contributed by atoms with Crippen molar-refractivity contribution < 1.29 is 0 Å². The van der Waals surface area contributed by atoms with Gasteiger partial charge in [0, 0.05) is 17.1 Å². The highest BCUT2D eigenvalue weighted by Gasteiger charge is 2.28. The van der Waals surface area contributed by atoms with Crippen molar-refractivity contribution >= 4 is 32.3 Å². The Kier molecular flexibility index (Phi) is 5.45. The fourth-order valence-corrected chi connectivity index (χ4v) is 6.41. The average Bonchev–Trinajstić information content (AvgIpc) is 2.86. The third-order valence-corrected chi connectivity index (χ3v) is 8.56. The lowest BCUT2D eigenvalue weighted by atomic mass is 9.70. The number of pyridine rings is 1. The van der Waals surface area contributed by atoms with Crippen LogP contribution in [-0.2, 0) is 5.41 Å². The molecule has 0 bridgehead atoms. The zero-order chi connectivity index (χ0) is 25.1. The van der Waals surface area contributed by atoms with E-state index in [2.05, 4.69) is 107 Å². The summed E-state index contributed by atoms with van der Waals surface area (Å²) in [7, 11) is 0. The Labute approximate surface area is 215 Å². The SMILES string of the molecule is CC1(C)CCC(c2cccc3c2ccc2c(-c4cc(C(C)(C)C)c5ccccc5c4)nccc23)CC1. The number of aromatic nitrogens is 1. The minimum absolute atomic E-state index is 0.0519. The first kappa shape index (κ1) is 23.2. The molecule has 1 fully saturated rings.